The van der Waals surface area contributed by atoms with E-state index in [0.29, 0.717) is 18.8 Å². The van der Waals surface area contributed by atoms with E-state index in [1.165, 1.54) is 13.2 Å². The molecule has 1 aromatic carbocycles. The Labute approximate surface area is 155 Å². The zero-order chi connectivity index (χ0) is 19.4. The van der Waals surface area contributed by atoms with Gasteiger partial charge in [-0.1, -0.05) is 12.1 Å². The second-order valence-corrected chi connectivity index (χ2v) is 9.17. The van der Waals surface area contributed by atoms with Crippen LogP contribution in [-0.2, 0) is 14.8 Å². The van der Waals surface area contributed by atoms with Crippen molar-refractivity contribution >= 4 is 16.1 Å². The first-order valence-electron chi connectivity index (χ1n) is 8.73. The molecule has 0 spiro atoms. The van der Waals surface area contributed by atoms with Crippen LogP contribution in [0.5, 0.6) is 5.75 Å². The summed E-state index contributed by atoms with van der Waals surface area (Å²) in [5, 5.41) is 0. The van der Waals surface area contributed by atoms with E-state index < -0.39 is 15.6 Å². The summed E-state index contributed by atoms with van der Waals surface area (Å²) in [4.78, 5) is 14.0. The third-order valence-electron chi connectivity index (χ3n) is 4.09. The van der Waals surface area contributed by atoms with Crippen LogP contribution in [0.3, 0.4) is 0 Å². The Morgan fingerprint density at radius 2 is 2.00 bits per heavy atom. The molecule has 1 amide bonds. The highest BCUT2D eigenvalue weighted by molar-refractivity contribution is 7.89. The molecule has 1 aliphatic heterocycles. The van der Waals surface area contributed by atoms with Gasteiger partial charge in [0.05, 0.1) is 7.11 Å². The maximum Gasteiger partial charge on any atom is 0.410 e. The van der Waals surface area contributed by atoms with Gasteiger partial charge in [-0.2, -0.15) is 0 Å². The highest BCUT2D eigenvalue weighted by Crippen LogP contribution is 2.24. The molecule has 0 aliphatic carbocycles. The number of carbonyl (C=O) groups excluding carboxylic acids is 1. The second-order valence-electron chi connectivity index (χ2n) is 7.44. The highest BCUT2D eigenvalue weighted by atomic mass is 32.2. The number of methoxy groups -OCH3 is 1. The molecule has 1 saturated heterocycles. The molecule has 0 radical (unpaired) electrons. The van der Waals surface area contributed by atoms with Crippen molar-refractivity contribution in [1.82, 2.24) is 9.62 Å². The molecule has 26 heavy (non-hydrogen) atoms. The molecule has 146 valence electrons. The number of hydrogen-bond donors (Lipinski definition) is 1. The van der Waals surface area contributed by atoms with Crippen LogP contribution in [0.25, 0.3) is 0 Å². The van der Waals surface area contributed by atoms with Gasteiger partial charge >= 0.3 is 6.09 Å². The lowest BCUT2D eigenvalue weighted by Gasteiger charge is -2.34. The molecule has 1 fully saturated rings. The van der Waals surface area contributed by atoms with Gasteiger partial charge in [-0.3, -0.25) is 0 Å². The first-order valence-corrected chi connectivity index (χ1v) is 10.2. The van der Waals surface area contributed by atoms with E-state index in [9.17, 15) is 13.2 Å². The van der Waals surface area contributed by atoms with Gasteiger partial charge in [0.2, 0.25) is 10.0 Å². The Morgan fingerprint density at radius 3 is 2.65 bits per heavy atom. The zero-order valence-corrected chi connectivity index (χ0v) is 16.6. The van der Waals surface area contributed by atoms with Crippen molar-refractivity contribution < 1.29 is 22.7 Å². The Balaban J connectivity index is 1.97. The topological polar surface area (TPSA) is 84.9 Å². The lowest BCUT2D eigenvalue weighted by molar-refractivity contribution is 0.0169. The summed E-state index contributed by atoms with van der Waals surface area (Å²) in [6, 6.07) is 6.49. The zero-order valence-electron chi connectivity index (χ0n) is 15.8. The molecule has 0 bridgehead atoms. The summed E-state index contributed by atoms with van der Waals surface area (Å²) in [6.45, 7) is 6.85. The predicted molar refractivity (Wildman–Crippen MR) is 98.7 cm³/mol. The van der Waals surface area contributed by atoms with Gasteiger partial charge < -0.3 is 14.4 Å². The third-order valence-corrected chi connectivity index (χ3v) is 5.55. The number of nitrogens with zero attached hydrogens (tertiary/aromatic N) is 1. The maximum atomic E-state index is 12.6. The molecule has 1 aromatic rings. The molecule has 0 aromatic heterocycles. The number of para-hydroxylation sites is 1. The molecule has 1 atom stereocenters. The molecule has 8 heteroatoms. The van der Waals surface area contributed by atoms with Crippen molar-refractivity contribution in [3.63, 3.8) is 0 Å². The number of rotatable bonds is 5. The molecule has 1 unspecified atom stereocenters. The number of piperidine rings is 1. The van der Waals surface area contributed by atoms with Gasteiger partial charge in [-0.05, 0) is 51.7 Å². The number of amides is 1. The fourth-order valence-corrected chi connectivity index (χ4v) is 4.15. The van der Waals surface area contributed by atoms with Crippen molar-refractivity contribution in [3.8, 4) is 5.75 Å². The standard InChI is InChI=1S/C18H28N2O5S/c1-18(2,3)25-17(21)20-11-7-8-14(13-20)12-19-26(22,23)16-10-6-5-9-15(16)24-4/h5-6,9-10,14,19H,7-8,11-13H2,1-4H3. The SMILES string of the molecule is COc1ccccc1S(=O)(=O)NCC1CCCN(C(=O)OC(C)(C)C)C1. The van der Waals surface area contributed by atoms with Gasteiger partial charge in [-0.15, -0.1) is 0 Å². The van der Waals surface area contributed by atoms with E-state index in [1.807, 2.05) is 20.8 Å². The number of likely N-dealkylation sites (tertiary alicyclic amines) is 1. The van der Waals surface area contributed by atoms with E-state index in [1.54, 1.807) is 23.1 Å². The molecular weight excluding hydrogens is 356 g/mol. The number of ether oxygens (including phenoxy) is 2. The molecule has 1 N–H and O–H groups in total. The maximum absolute atomic E-state index is 12.6. The van der Waals surface area contributed by atoms with Crippen molar-refractivity contribution in [2.45, 2.75) is 44.1 Å². The number of hydrogen-bond acceptors (Lipinski definition) is 5. The van der Waals surface area contributed by atoms with Gasteiger partial charge in [0.15, 0.2) is 0 Å². The summed E-state index contributed by atoms with van der Waals surface area (Å²) in [5.74, 6) is 0.347. The van der Waals surface area contributed by atoms with Crippen LogP contribution in [0.4, 0.5) is 4.79 Å². The normalized spacial score (nSPS) is 18.5. The van der Waals surface area contributed by atoms with E-state index in [-0.39, 0.29) is 23.5 Å². The molecular formula is C18H28N2O5S. The summed E-state index contributed by atoms with van der Waals surface area (Å²) in [5.41, 5.74) is -0.546. The smallest absolute Gasteiger partial charge is 0.410 e. The van der Waals surface area contributed by atoms with Crippen molar-refractivity contribution in [2.75, 3.05) is 26.7 Å². The molecule has 2 rings (SSSR count). The monoisotopic (exact) mass is 384 g/mol. The van der Waals surface area contributed by atoms with Gasteiger partial charge in [-0.25, -0.2) is 17.9 Å². The van der Waals surface area contributed by atoms with E-state index in [0.717, 1.165) is 12.8 Å². The van der Waals surface area contributed by atoms with Gasteiger partial charge in [0.25, 0.3) is 0 Å². The largest absolute Gasteiger partial charge is 0.495 e. The average molecular weight is 384 g/mol. The van der Waals surface area contributed by atoms with E-state index >= 15 is 0 Å². The fourth-order valence-electron chi connectivity index (χ4n) is 2.87. The first-order chi connectivity index (χ1) is 12.1. The Morgan fingerprint density at radius 1 is 1.31 bits per heavy atom. The summed E-state index contributed by atoms with van der Waals surface area (Å²) in [7, 11) is -2.24. The van der Waals surface area contributed by atoms with Crippen LogP contribution >= 0.6 is 0 Å². The number of benzene rings is 1. The third kappa shape index (κ3) is 5.60. The van der Waals surface area contributed by atoms with Gasteiger partial charge in [0.1, 0.15) is 16.2 Å². The summed E-state index contributed by atoms with van der Waals surface area (Å²) in [6.07, 6.45) is 1.32. The van der Waals surface area contributed by atoms with Crippen molar-refractivity contribution in [1.29, 1.82) is 0 Å². The van der Waals surface area contributed by atoms with Crippen LogP contribution in [0.1, 0.15) is 33.6 Å². The molecule has 1 heterocycles. The van der Waals surface area contributed by atoms with Crippen LogP contribution in [0, 0.1) is 5.92 Å². The van der Waals surface area contributed by atoms with E-state index in [2.05, 4.69) is 4.72 Å². The van der Waals surface area contributed by atoms with Crippen LogP contribution < -0.4 is 9.46 Å². The summed E-state index contributed by atoms with van der Waals surface area (Å²) < 4.78 is 38.3. The minimum Gasteiger partial charge on any atom is -0.495 e. The van der Waals surface area contributed by atoms with Crippen LogP contribution in [0.2, 0.25) is 0 Å². The Hall–Kier alpha value is -1.80. The quantitative estimate of drug-likeness (QED) is 0.843. The van der Waals surface area contributed by atoms with Crippen LogP contribution in [0.15, 0.2) is 29.2 Å². The fraction of sp³-hybridized carbons (Fsp3) is 0.611. The number of sulfonamides is 1. The lowest BCUT2D eigenvalue weighted by atomic mass is 9.99. The van der Waals surface area contributed by atoms with E-state index in [4.69, 9.17) is 9.47 Å². The number of nitrogens with one attached hydrogen (secondary N) is 1. The predicted octanol–water partition coefficient (Wildman–Crippen LogP) is 2.62. The Kier molecular flexibility index (Phi) is 6.52. The lowest BCUT2D eigenvalue weighted by Crippen LogP contribution is -2.45. The van der Waals surface area contributed by atoms with Crippen molar-refractivity contribution in [2.24, 2.45) is 5.92 Å². The molecule has 7 nitrogen and oxygen atoms in total. The average Bonchev–Trinajstić information content (AvgIpc) is 2.59. The molecule has 1 aliphatic rings. The van der Waals surface area contributed by atoms with Gasteiger partial charge in [0, 0.05) is 19.6 Å². The second kappa shape index (κ2) is 8.26. The Bertz CT molecular complexity index is 727. The highest BCUT2D eigenvalue weighted by Gasteiger charge is 2.29. The first kappa shape index (κ1) is 20.5. The minimum absolute atomic E-state index is 0.0424. The van der Waals surface area contributed by atoms with Crippen molar-refractivity contribution in [3.05, 3.63) is 24.3 Å². The summed E-state index contributed by atoms with van der Waals surface area (Å²) >= 11 is 0. The van der Waals surface area contributed by atoms with Crippen LogP contribution in [-0.4, -0.2) is 51.8 Å². The number of carbonyl (C=O) groups is 1. The molecule has 0 saturated carbocycles. The minimum atomic E-state index is -3.68.